The Bertz CT molecular complexity index is 374. The summed E-state index contributed by atoms with van der Waals surface area (Å²) < 4.78 is 0. The Morgan fingerprint density at radius 2 is 1.79 bits per heavy atom. The average molecular weight is 185 g/mol. The van der Waals surface area contributed by atoms with Crippen LogP contribution in [0.2, 0.25) is 0 Å². The van der Waals surface area contributed by atoms with Gasteiger partial charge in [0.05, 0.1) is 0 Å². The third kappa shape index (κ3) is 1.58. The molecule has 0 saturated carbocycles. The molecule has 0 spiro atoms. The molecule has 1 heterocycles. The summed E-state index contributed by atoms with van der Waals surface area (Å²) in [6.45, 7) is 11.9. The first-order chi connectivity index (χ1) is 6.66. The van der Waals surface area contributed by atoms with Crippen molar-refractivity contribution < 1.29 is 0 Å². The Morgan fingerprint density at radius 1 is 1.14 bits per heavy atom. The topological polar surface area (TPSA) is 3.24 Å². The summed E-state index contributed by atoms with van der Waals surface area (Å²) in [6.07, 6.45) is 0. The fourth-order valence-corrected chi connectivity index (χ4v) is 1.75. The summed E-state index contributed by atoms with van der Waals surface area (Å²) in [5.74, 6) is 0. The number of hydrogen-bond donors (Lipinski definition) is 0. The van der Waals surface area contributed by atoms with Crippen molar-refractivity contribution in [1.29, 1.82) is 0 Å². The van der Waals surface area contributed by atoms with Crippen molar-refractivity contribution in [2.24, 2.45) is 0 Å². The van der Waals surface area contributed by atoms with E-state index >= 15 is 0 Å². The fraction of sp³-hybridized carbons (Fsp3) is 0.231. The van der Waals surface area contributed by atoms with Gasteiger partial charge in [0.25, 0.3) is 0 Å². The Morgan fingerprint density at radius 3 is 2.36 bits per heavy atom. The van der Waals surface area contributed by atoms with Gasteiger partial charge >= 0.3 is 0 Å². The van der Waals surface area contributed by atoms with Gasteiger partial charge in [-0.05, 0) is 35.8 Å². The normalized spacial score (nSPS) is 16.5. The van der Waals surface area contributed by atoms with Crippen LogP contribution in [0, 0.1) is 6.92 Å². The molecule has 1 aromatic carbocycles. The Balaban J connectivity index is 2.25. The molecule has 1 aliphatic heterocycles. The lowest BCUT2D eigenvalue weighted by Crippen LogP contribution is -2.17. The maximum absolute atomic E-state index is 3.99. The van der Waals surface area contributed by atoms with E-state index in [-0.39, 0.29) is 0 Å². The van der Waals surface area contributed by atoms with Gasteiger partial charge in [0.2, 0.25) is 0 Å². The second kappa shape index (κ2) is 3.33. The van der Waals surface area contributed by atoms with Crippen LogP contribution in [-0.2, 0) is 0 Å². The highest BCUT2D eigenvalue weighted by Gasteiger charge is 2.18. The molecular formula is C13H15N. The first kappa shape index (κ1) is 9.07. The molecule has 0 atom stereocenters. The molecular weight excluding hydrogens is 170 g/mol. The molecule has 72 valence electrons. The zero-order valence-electron chi connectivity index (χ0n) is 8.59. The molecule has 1 nitrogen and oxygen atoms in total. The molecule has 0 unspecified atom stereocenters. The Hall–Kier alpha value is -1.50. The molecule has 1 saturated heterocycles. The minimum atomic E-state index is 0.919. The molecule has 1 fully saturated rings. The molecule has 0 radical (unpaired) electrons. The fourth-order valence-electron chi connectivity index (χ4n) is 1.75. The predicted octanol–water partition coefficient (Wildman–Crippen LogP) is 2.93. The highest BCUT2D eigenvalue weighted by atomic mass is 15.1. The number of benzene rings is 1. The van der Waals surface area contributed by atoms with Crippen LogP contribution in [0.1, 0.15) is 5.56 Å². The lowest BCUT2D eigenvalue weighted by Gasteiger charge is -2.17. The van der Waals surface area contributed by atoms with Gasteiger partial charge in [-0.2, -0.15) is 0 Å². The van der Waals surface area contributed by atoms with Crippen molar-refractivity contribution in [1.82, 2.24) is 0 Å². The second-order valence-electron chi connectivity index (χ2n) is 3.90. The first-order valence-electron chi connectivity index (χ1n) is 4.84. The quantitative estimate of drug-likeness (QED) is 0.650. The van der Waals surface area contributed by atoms with E-state index in [0.29, 0.717) is 0 Å². The van der Waals surface area contributed by atoms with Gasteiger partial charge in [0.1, 0.15) is 0 Å². The van der Waals surface area contributed by atoms with E-state index in [4.69, 9.17) is 0 Å². The monoisotopic (exact) mass is 185 g/mol. The summed E-state index contributed by atoms with van der Waals surface area (Å²) in [7, 11) is 0. The number of hydrogen-bond acceptors (Lipinski definition) is 1. The molecule has 14 heavy (non-hydrogen) atoms. The van der Waals surface area contributed by atoms with E-state index in [0.717, 1.165) is 24.2 Å². The van der Waals surface area contributed by atoms with Crippen molar-refractivity contribution in [3.05, 3.63) is 54.1 Å². The molecule has 1 aromatic rings. The molecule has 1 aliphatic rings. The summed E-state index contributed by atoms with van der Waals surface area (Å²) in [5, 5.41) is 0. The van der Waals surface area contributed by atoms with E-state index in [2.05, 4.69) is 49.2 Å². The maximum Gasteiger partial charge on any atom is 0.0430 e. The first-order valence-corrected chi connectivity index (χ1v) is 4.84. The largest absolute Gasteiger partial charge is 0.363 e. The van der Waals surface area contributed by atoms with Crippen molar-refractivity contribution in [2.75, 3.05) is 18.0 Å². The molecule has 1 heteroatoms. The van der Waals surface area contributed by atoms with Crippen LogP contribution in [0.3, 0.4) is 0 Å². The molecule has 0 aromatic heterocycles. The highest BCUT2D eigenvalue weighted by molar-refractivity contribution is 5.56. The van der Waals surface area contributed by atoms with Crippen molar-refractivity contribution >= 4 is 5.69 Å². The summed E-state index contributed by atoms with van der Waals surface area (Å²) in [4.78, 5) is 2.30. The number of aryl methyl sites for hydroxylation is 1. The zero-order chi connectivity index (χ0) is 10.1. The lowest BCUT2D eigenvalue weighted by atomic mass is 10.2. The smallest absolute Gasteiger partial charge is 0.0430 e. The predicted molar refractivity (Wildman–Crippen MR) is 61.7 cm³/mol. The molecule has 0 N–H and O–H groups in total. The third-order valence-electron chi connectivity index (χ3n) is 2.63. The van der Waals surface area contributed by atoms with Crippen LogP contribution < -0.4 is 4.90 Å². The maximum atomic E-state index is 3.99. The van der Waals surface area contributed by atoms with Crippen LogP contribution in [0.15, 0.2) is 48.6 Å². The molecule has 0 aliphatic carbocycles. The second-order valence-corrected chi connectivity index (χ2v) is 3.90. The summed E-state index contributed by atoms with van der Waals surface area (Å²) in [6, 6.07) is 8.54. The van der Waals surface area contributed by atoms with Gasteiger partial charge < -0.3 is 4.90 Å². The van der Waals surface area contributed by atoms with Crippen LogP contribution in [0.5, 0.6) is 0 Å². The van der Waals surface area contributed by atoms with Gasteiger partial charge in [0, 0.05) is 18.8 Å². The lowest BCUT2D eigenvalue weighted by molar-refractivity contribution is 1.01. The molecule has 0 bridgehead atoms. The van der Waals surface area contributed by atoms with Crippen LogP contribution in [0.4, 0.5) is 5.69 Å². The molecule has 2 rings (SSSR count). The van der Waals surface area contributed by atoms with E-state index in [1.54, 1.807) is 0 Å². The minimum absolute atomic E-state index is 0.919. The summed E-state index contributed by atoms with van der Waals surface area (Å²) in [5.41, 5.74) is 4.88. The Kier molecular flexibility index (Phi) is 2.16. The SMILES string of the molecule is C=C1CN(c2cccc(C)c2)CC1=C. The van der Waals surface area contributed by atoms with E-state index in [1.807, 2.05) is 0 Å². The number of rotatable bonds is 1. The van der Waals surface area contributed by atoms with Crippen LogP contribution in [0.25, 0.3) is 0 Å². The minimum Gasteiger partial charge on any atom is -0.363 e. The van der Waals surface area contributed by atoms with E-state index in [9.17, 15) is 0 Å². The summed E-state index contributed by atoms with van der Waals surface area (Å²) >= 11 is 0. The van der Waals surface area contributed by atoms with Gasteiger partial charge in [-0.15, -0.1) is 0 Å². The molecule has 0 amide bonds. The van der Waals surface area contributed by atoms with E-state index in [1.165, 1.54) is 11.3 Å². The third-order valence-corrected chi connectivity index (χ3v) is 2.63. The van der Waals surface area contributed by atoms with Gasteiger partial charge in [-0.1, -0.05) is 25.3 Å². The van der Waals surface area contributed by atoms with Gasteiger partial charge in [0.15, 0.2) is 0 Å². The zero-order valence-corrected chi connectivity index (χ0v) is 8.59. The number of anilines is 1. The Labute approximate surface area is 85.4 Å². The highest BCUT2D eigenvalue weighted by Crippen LogP contribution is 2.25. The average Bonchev–Trinajstić information content (AvgIpc) is 2.47. The van der Waals surface area contributed by atoms with Crippen molar-refractivity contribution in [2.45, 2.75) is 6.92 Å². The van der Waals surface area contributed by atoms with Crippen LogP contribution >= 0.6 is 0 Å². The van der Waals surface area contributed by atoms with Crippen molar-refractivity contribution in [3.63, 3.8) is 0 Å². The van der Waals surface area contributed by atoms with Gasteiger partial charge in [-0.25, -0.2) is 0 Å². The van der Waals surface area contributed by atoms with Crippen molar-refractivity contribution in [3.8, 4) is 0 Å². The van der Waals surface area contributed by atoms with Gasteiger partial charge in [-0.3, -0.25) is 0 Å². The van der Waals surface area contributed by atoms with Crippen LogP contribution in [-0.4, -0.2) is 13.1 Å². The number of nitrogens with zero attached hydrogens (tertiary/aromatic N) is 1. The van der Waals surface area contributed by atoms with E-state index < -0.39 is 0 Å². The standard InChI is InChI=1S/C13H15N/c1-10-5-4-6-13(7-10)14-8-11(2)12(3)9-14/h4-7H,2-3,8-9H2,1H3.